The van der Waals surface area contributed by atoms with Crippen molar-refractivity contribution in [2.75, 3.05) is 11.9 Å². The number of fused-ring (bicyclic) bond motifs is 2. The quantitative estimate of drug-likeness (QED) is 0.870. The average molecular weight is 290 g/mol. The molecule has 2 aliphatic rings. The number of hydrogen-bond donors (Lipinski definition) is 2. The van der Waals surface area contributed by atoms with Crippen molar-refractivity contribution in [1.82, 2.24) is 5.32 Å². The van der Waals surface area contributed by atoms with Gasteiger partial charge in [0.05, 0.1) is 11.3 Å². The highest BCUT2D eigenvalue weighted by Crippen LogP contribution is 2.44. The van der Waals surface area contributed by atoms with E-state index in [1.165, 1.54) is 25.3 Å². The molecule has 0 radical (unpaired) electrons. The van der Waals surface area contributed by atoms with Gasteiger partial charge < -0.3 is 10.6 Å². The van der Waals surface area contributed by atoms with Crippen molar-refractivity contribution in [1.29, 1.82) is 0 Å². The molecule has 21 heavy (non-hydrogen) atoms. The van der Waals surface area contributed by atoms with Crippen LogP contribution in [-0.2, 0) is 0 Å². The number of carbonyl (C=O) groups is 1. The Bertz CT molecular complexity index is 532. The molecule has 2 fully saturated rings. The van der Waals surface area contributed by atoms with Crippen LogP contribution in [0.1, 0.15) is 49.4 Å². The number of rotatable bonds is 5. The van der Waals surface area contributed by atoms with E-state index in [0.717, 1.165) is 18.8 Å². The number of para-hydroxylation sites is 1. The van der Waals surface area contributed by atoms with E-state index in [0.29, 0.717) is 23.7 Å². The Labute approximate surface area is 125 Å². The molecule has 2 saturated carbocycles. The normalized spacial score (nSPS) is 26.9. The van der Waals surface area contributed by atoms with Crippen LogP contribution in [0, 0.1) is 17.7 Å². The van der Waals surface area contributed by atoms with Gasteiger partial charge in [-0.05, 0) is 49.7 Å². The first-order valence-corrected chi connectivity index (χ1v) is 8.02. The van der Waals surface area contributed by atoms with E-state index in [4.69, 9.17) is 0 Å². The molecule has 3 atom stereocenters. The molecule has 2 aliphatic carbocycles. The van der Waals surface area contributed by atoms with Gasteiger partial charge in [0.2, 0.25) is 0 Å². The van der Waals surface area contributed by atoms with Gasteiger partial charge in [0, 0.05) is 12.6 Å². The molecule has 1 aromatic rings. The molecule has 0 aliphatic heterocycles. The highest BCUT2D eigenvalue weighted by Gasteiger charge is 2.40. The molecule has 2 bridgehead atoms. The fraction of sp³-hybridized carbons (Fsp3) is 0.588. The fourth-order valence-corrected chi connectivity index (χ4v) is 3.81. The van der Waals surface area contributed by atoms with Crippen LogP contribution in [0.15, 0.2) is 18.2 Å². The number of hydrogen-bond acceptors (Lipinski definition) is 2. The van der Waals surface area contributed by atoms with Gasteiger partial charge in [-0.25, -0.2) is 4.39 Å². The Morgan fingerprint density at radius 3 is 2.86 bits per heavy atom. The van der Waals surface area contributed by atoms with Crippen molar-refractivity contribution < 1.29 is 9.18 Å². The number of nitrogens with one attached hydrogen (secondary N) is 2. The Hall–Kier alpha value is -1.58. The summed E-state index contributed by atoms with van der Waals surface area (Å²) in [7, 11) is 0. The van der Waals surface area contributed by atoms with Gasteiger partial charge in [0.25, 0.3) is 5.91 Å². The number of anilines is 1. The van der Waals surface area contributed by atoms with Crippen molar-refractivity contribution in [2.45, 2.75) is 45.1 Å². The van der Waals surface area contributed by atoms with Crippen molar-refractivity contribution in [2.24, 2.45) is 11.8 Å². The maximum atomic E-state index is 14.0. The smallest absolute Gasteiger partial charge is 0.253 e. The Balaban J connectivity index is 1.73. The van der Waals surface area contributed by atoms with E-state index in [1.54, 1.807) is 12.1 Å². The lowest BCUT2D eigenvalue weighted by atomic mass is 9.95. The van der Waals surface area contributed by atoms with Gasteiger partial charge in [-0.3, -0.25) is 4.79 Å². The zero-order valence-electron chi connectivity index (χ0n) is 12.5. The van der Waals surface area contributed by atoms with Crippen LogP contribution in [0.25, 0.3) is 0 Å². The first kappa shape index (κ1) is 14.4. The second-order valence-corrected chi connectivity index (χ2v) is 6.34. The fourth-order valence-electron chi connectivity index (χ4n) is 3.81. The van der Waals surface area contributed by atoms with Crippen molar-refractivity contribution in [3.8, 4) is 0 Å². The predicted molar refractivity (Wildman–Crippen MR) is 81.9 cm³/mol. The van der Waals surface area contributed by atoms with Gasteiger partial charge in [0.15, 0.2) is 0 Å². The van der Waals surface area contributed by atoms with Crippen LogP contribution >= 0.6 is 0 Å². The van der Waals surface area contributed by atoms with Gasteiger partial charge >= 0.3 is 0 Å². The zero-order chi connectivity index (χ0) is 14.8. The summed E-state index contributed by atoms with van der Waals surface area (Å²) in [6, 6.07) is 4.97. The summed E-state index contributed by atoms with van der Waals surface area (Å²) in [6.07, 6.45) is 5.75. The molecule has 4 heteroatoms. The molecule has 114 valence electrons. The lowest BCUT2D eigenvalue weighted by Gasteiger charge is -2.23. The maximum absolute atomic E-state index is 14.0. The molecule has 3 rings (SSSR count). The Kier molecular flexibility index (Phi) is 4.13. The summed E-state index contributed by atoms with van der Waals surface area (Å²) >= 11 is 0. The van der Waals surface area contributed by atoms with E-state index in [-0.39, 0.29) is 17.8 Å². The minimum absolute atomic E-state index is 0.148. The SMILES string of the molecule is CCCNc1c(F)cccc1C(=O)NC1CC2CCC1C2. The minimum atomic E-state index is -0.357. The largest absolute Gasteiger partial charge is 0.382 e. The average Bonchev–Trinajstić information content (AvgIpc) is 3.08. The molecule has 1 amide bonds. The maximum Gasteiger partial charge on any atom is 0.253 e. The van der Waals surface area contributed by atoms with Crippen LogP contribution in [0.2, 0.25) is 0 Å². The van der Waals surface area contributed by atoms with E-state index < -0.39 is 0 Å². The Morgan fingerprint density at radius 2 is 2.19 bits per heavy atom. The van der Waals surface area contributed by atoms with Gasteiger partial charge in [-0.2, -0.15) is 0 Å². The zero-order valence-corrected chi connectivity index (χ0v) is 12.5. The minimum Gasteiger partial charge on any atom is -0.382 e. The monoisotopic (exact) mass is 290 g/mol. The molecule has 1 aromatic carbocycles. The van der Waals surface area contributed by atoms with Crippen LogP contribution in [-0.4, -0.2) is 18.5 Å². The summed E-state index contributed by atoms with van der Waals surface area (Å²) in [5.41, 5.74) is 0.756. The van der Waals surface area contributed by atoms with E-state index in [1.807, 2.05) is 6.92 Å². The van der Waals surface area contributed by atoms with Crippen molar-refractivity contribution in [3.05, 3.63) is 29.6 Å². The third kappa shape index (κ3) is 2.89. The van der Waals surface area contributed by atoms with Crippen LogP contribution in [0.5, 0.6) is 0 Å². The summed E-state index contributed by atoms with van der Waals surface area (Å²) in [6.45, 7) is 2.68. The summed E-state index contributed by atoms with van der Waals surface area (Å²) in [5.74, 6) is 0.903. The van der Waals surface area contributed by atoms with Gasteiger partial charge in [-0.1, -0.05) is 19.4 Å². The summed E-state index contributed by atoms with van der Waals surface area (Å²) in [5, 5.41) is 6.16. The van der Waals surface area contributed by atoms with Crippen LogP contribution in [0.4, 0.5) is 10.1 Å². The highest BCUT2D eigenvalue weighted by molar-refractivity contribution is 5.99. The van der Waals surface area contributed by atoms with Crippen LogP contribution < -0.4 is 10.6 Å². The lowest BCUT2D eigenvalue weighted by Crippen LogP contribution is -2.38. The first-order valence-electron chi connectivity index (χ1n) is 8.02. The molecule has 0 aromatic heterocycles. The number of halogens is 1. The molecule has 0 spiro atoms. The summed E-state index contributed by atoms with van der Waals surface area (Å²) in [4.78, 5) is 12.5. The predicted octanol–water partition coefficient (Wildman–Crippen LogP) is 3.57. The second-order valence-electron chi connectivity index (χ2n) is 6.34. The van der Waals surface area contributed by atoms with E-state index >= 15 is 0 Å². The van der Waals surface area contributed by atoms with Crippen LogP contribution in [0.3, 0.4) is 0 Å². The molecule has 0 saturated heterocycles. The lowest BCUT2D eigenvalue weighted by molar-refractivity contribution is 0.0923. The molecular formula is C17H23FN2O. The molecule has 3 nitrogen and oxygen atoms in total. The summed E-state index contributed by atoms with van der Waals surface area (Å²) < 4.78 is 14.0. The molecule has 0 heterocycles. The highest BCUT2D eigenvalue weighted by atomic mass is 19.1. The van der Waals surface area contributed by atoms with E-state index in [2.05, 4.69) is 10.6 Å². The van der Waals surface area contributed by atoms with Gasteiger partial charge in [-0.15, -0.1) is 0 Å². The van der Waals surface area contributed by atoms with Gasteiger partial charge in [0.1, 0.15) is 5.82 Å². The number of amides is 1. The van der Waals surface area contributed by atoms with Crippen molar-refractivity contribution >= 4 is 11.6 Å². The second kappa shape index (κ2) is 6.04. The van der Waals surface area contributed by atoms with E-state index in [9.17, 15) is 9.18 Å². The van der Waals surface area contributed by atoms with Crippen molar-refractivity contribution in [3.63, 3.8) is 0 Å². The standard InChI is InChI=1S/C17H23FN2O/c1-2-8-19-16-13(4-3-5-14(16)18)17(21)20-15-10-11-6-7-12(15)9-11/h3-5,11-12,15,19H,2,6-10H2,1H3,(H,20,21). The first-order chi connectivity index (χ1) is 10.2. The number of benzene rings is 1. The third-order valence-corrected chi connectivity index (χ3v) is 4.86. The molecular weight excluding hydrogens is 267 g/mol. The molecule has 3 unspecified atom stereocenters. The third-order valence-electron chi connectivity index (χ3n) is 4.86. The number of carbonyl (C=O) groups excluding carboxylic acids is 1. The Morgan fingerprint density at radius 1 is 1.33 bits per heavy atom. The topological polar surface area (TPSA) is 41.1 Å². The molecule has 2 N–H and O–H groups in total.